The van der Waals surface area contributed by atoms with E-state index in [0.29, 0.717) is 12.3 Å². The Morgan fingerprint density at radius 1 is 1.26 bits per heavy atom. The van der Waals surface area contributed by atoms with Crippen molar-refractivity contribution in [3.05, 3.63) is 35.6 Å². The topological polar surface area (TPSA) is 74.9 Å². The van der Waals surface area contributed by atoms with E-state index >= 15 is 0 Å². The summed E-state index contributed by atoms with van der Waals surface area (Å²) in [4.78, 5) is 12.0. The third kappa shape index (κ3) is 2.13. The second-order valence-corrected chi connectivity index (χ2v) is 4.55. The van der Waals surface area contributed by atoms with Crippen LogP contribution in [0.2, 0.25) is 0 Å². The minimum atomic E-state index is 0.0912. The molecule has 0 aliphatic heterocycles. The number of aromatic nitrogens is 3. The molecule has 0 spiro atoms. The number of hydrogen-bond acceptors (Lipinski definition) is 4. The van der Waals surface area contributed by atoms with E-state index in [0.717, 1.165) is 33.9 Å². The summed E-state index contributed by atoms with van der Waals surface area (Å²) in [5.41, 5.74) is 4.50. The van der Waals surface area contributed by atoms with Crippen LogP contribution in [0, 0.1) is 13.8 Å². The molecule has 0 aliphatic rings. The molecule has 5 heteroatoms. The van der Waals surface area contributed by atoms with Crippen LogP contribution in [0.25, 0.3) is 22.4 Å². The fraction of sp³-hybridized carbons (Fsp3) is 0.286. The first kappa shape index (κ1) is 11.9. The van der Waals surface area contributed by atoms with E-state index in [1.165, 1.54) is 0 Å². The number of aromatic amines is 1. The Kier molecular flexibility index (Phi) is 2.83. The lowest BCUT2D eigenvalue weighted by Crippen LogP contribution is -1.92. The minimum absolute atomic E-state index is 0.0912. The molecule has 1 aromatic carbocycles. The molecule has 5 nitrogen and oxygen atoms in total. The number of benzene rings is 1. The summed E-state index contributed by atoms with van der Waals surface area (Å²) in [6.45, 7) is 3.90. The number of imidazole rings is 1. The molecule has 0 radical (unpaired) electrons. The Labute approximate surface area is 110 Å². The van der Waals surface area contributed by atoms with Crippen LogP contribution in [-0.4, -0.2) is 26.7 Å². The number of nitrogens with one attached hydrogen (secondary N) is 1. The van der Waals surface area contributed by atoms with Crippen LogP contribution in [0.3, 0.4) is 0 Å². The van der Waals surface area contributed by atoms with Crippen molar-refractivity contribution in [2.45, 2.75) is 20.3 Å². The molecule has 0 fully saturated rings. The van der Waals surface area contributed by atoms with Crippen LogP contribution < -0.4 is 0 Å². The molecule has 0 bridgehead atoms. The molecular formula is C14H15N3O2. The number of fused-ring (bicyclic) bond motifs is 1. The van der Waals surface area contributed by atoms with E-state index in [-0.39, 0.29) is 6.61 Å². The summed E-state index contributed by atoms with van der Waals surface area (Å²) in [6.07, 6.45) is 0.534. The lowest BCUT2D eigenvalue weighted by atomic mass is 10.1. The molecule has 2 aromatic heterocycles. The van der Waals surface area contributed by atoms with Gasteiger partial charge >= 0.3 is 0 Å². The summed E-state index contributed by atoms with van der Waals surface area (Å²) in [6, 6.07) is 5.85. The lowest BCUT2D eigenvalue weighted by molar-refractivity contribution is 0.297. The Morgan fingerprint density at radius 3 is 2.89 bits per heavy atom. The monoisotopic (exact) mass is 257 g/mol. The fourth-order valence-electron chi connectivity index (χ4n) is 2.22. The number of H-pyrrole nitrogens is 1. The summed E-state index contributed by atoms with van der Waals surface area (Å²) < 4.78 is 5.46. The molecule has 0 saturated heterocycles. The van der Waals surface area contributed by atoms with Gasteiger partial charge in [0, 0.05) is 24.6 Å². The van der Waals surface area contributed by atoms with Gasteiger partial charge in [0.25, 0.3) is 0 Å². The van der Waals surface area contributed by atoms with Gasteiger partial charge in [-0.2, -0.15) is 0 Å². The predicted molar refractivity (Wildman–Crippen MR) is 71.9 cm³/mol. The third-order valence-corrected chi connectivity index (χ3v) is 3.05. The van der Waals surface area contributed by atoms with Gasteiger partial charge in [-0.15, -0.1) is 0 Å². The number of hydrogen-bond donors (Lipinski definition) is 2. The van der Waals surface area contributed by atoms with Crippen molar-refractivity contribution in [2.75, 3.05) is 6.61 Å². The van der Waals surface area contributed by atoms with E-state index in [2.05, 4.69) is 15.0 Å². The van der Waals surface area contributed by atoms with Crippen molar-refractivity contribution < 1.29 is 9.52 Å². The second-order valence-electron chi connectivity index (χ2n) is 4.55. The first-order chi connectivity index (χ1) is 9.17. The number of aliphatic hydroxyl groups excluding tert-OH is 1. The zero-order valence-corrected chi connectivity index (χ0v) is 10.9. The van der Waals surface area contributed by atoms with E-state index in [4.69, 9.17) is 9.52 Å². The van der Waals surface area contributed by atoms with Crippen LogP contribution >= 0.6 is 0 Å². The highest BCUT2D eigenvalue weighted by Gasteiger charge is 2.11. The highest BCUT2D eigenvalue weighted by Crippen LogP contribution is 2.25. The van der Waals surface area contributed by atoms with Crippen LogP contribution in [0.4, 0.5) is 0 Å². The first-order valence-electron chi connectivity index (χ1n) is 6.21. The first-order valence-corrected chi connectivity index (χ1v) is 6.21. The van der Waals surface area contributed by atoms with Gasteiger partial charge in [0.1, 0.15) is 11.3 Å². The third-order valence-electron chi connectivity index (χ3n) is 3.05. The molecule has 3 aromatic rings. The maximum Gasteiger partial charge on any atom is 0.192 e. The van der Waals surface area contributed by atoms with Gasteiger partial charge < -0.3 is 14.5 Å². The largest absolute Gasteiger partial charge is 0.441 e. The van der Waals surface area contributed by atoms with Gasteiger partial charge in [0.2, 0.25) is 0 Å². The van der Waals surface area contributed by atoms with Crippen molar-refractivity contribution in [1.29, 1.82) is 0 Å². The van der Waals surface area contributed by atoms with E-state index in [1.54, 1.807) is 0 Å². The van der Waals surface area contributed by atoms with Crippen molar-refractivity contribution in [1.82, 2.24) is 15.0 Å². The van der Waals surface area contributed by atoms with Crippen molar-refractivity contribution in [3.63, 3.8) is 0 Å². The Hall–Kier alpha value is -2.14. The summed E-state index contributed by atoms with van der Waals surface area (Å²) in [7, 11) is 0. The normalized spacial score (nSPS) is 11.3. The van der Waals surface area contributed by atoms with Crippen molar-refractivity contribution >= 4 is 11.1 Å². The van der Waals surface area contributed by atoms with Crippen molar-refractivity contribution in [3.8, 4) is 11.3 Å². The number of rotatable bonds is 3. The summed E-state index contributed by atoms with van der Waals surface area (Å²) >= 11 is 0. The van der Waals surface area contributed by atoms with Gasteiger partial charge in [-0.3, -0.25) is 0 Å². The standard InChI is InChI=1S/C14H15N3O2/c1-8-14(17-13(15-8)5-6-18)10-3-4-12-11(7-10)16-9(2)19-12/h3-4,7,18H,5-6H2,1-2H3,(H,15,17). The van der Waals surface area contributed by atoms with Crippen LogP contribution in [0.1, 0.15) is 17.4 Å². The smallest absolute Gasteiger partial charge is 0.192 e. The van der Waals surface area contributed by atoms with Gasteiger partial charge in [0.05, 0.1) is 12.3 Å². The van der Waals surface area contributed by atoms with Crippen LogP contribution in [0.15, 0.2) is 22.6 Å². The second kappa shape index (κ2) is 4.51. The van der Waals surface area contributed by atoms with Gasteiger partial charge in [-0.1, -0.05) is 0 Å². The molecule has 98 valence electrons. The van der Waals surface area contributed by atoms with E-state index in [9.17, 15) is 0 Å². The molecule has 3 rings (SSSR count). The average Bonchev–Trinajstić information content (AvgIpc) is 2.90. The SMILES string of the molecule is Cc1nc2cc(-c3nc(CCO)[nH]c3C)ccc2o1. The van der Waals surface area contributed by atoms with Gasteiger partial charge in [0.15, 0.2) is 11.5 Å². The quantitative estimate of drug-likeness (QED) is 0.755. The number of nitrogens with zero attached hydrogens (tertiary/aromatic N) is 2. The molecule has 0 aliphatic carbocycles. The molecular weight excluding hydrogens is 242 g/mol. The maximum atomic E-state index is 8.95. The van der Waals surface area contributed by atoms with E-state index < -0.39 is 0 Å². The molecule has 0 saturated carbocycles. The van der Waals surface area contributed by atoms with Crippen LogP contribution in [-0.2, 0) is 6.42 Å². The number of aliphatic hydroxyl groups is 1. The Morgan fingerprint density at radius 2 is 2.11 bits per heavy atom. The Balaban J connectivity index is 2.07. The molecule has 2 heterocycles. The molecule has 19 heavy (non-hydrogen) atoms. The van der Waals surface area contributed by atoms with Crippen molar-refractivity contribution in [2.24, 2.45) is 0 Å². The lowest BCUT2D eigenvalue weighted by Gasteiger charge is -1.97. The van der Waals surface area contributed by atoms with Gasteiger partial charge in [-0.05, 0) is 25.1 Å². The number of oxazole rings is 1. The zero-order chi connectivity index (χ0) is 13.4. The number of aryl methyl sites for hydroxylation is 2. The predicted octanol–water partition coefficient (Wildman–Crippen LogP) is 2.37. The molecule has 0 unspecified atom stereocenters. The average molecular weight is 257 g/mol. The highest BCUT2D eigenvalue weighted by atomic mass is 16.3. The maximum absolute atomic E-state index is 8.95. The molecule has 0 atom stereocenters. The zero-order valence-electron chi connectivity index (χ0n) is 10.9. The summed E-state index contributed by atoms with van der Waals surface area (Å²) in [5, 5.41) is 8.95. The van der Waals surface area contributed by atoms with Crippen LogP contribution in [0.5, 0.6) is 0 Å². The molecule has 0 amide bonds. The van der Waals surface area contributed by atoms with E-state index in [1.807, 2.05) is 32.0 Å². The minimum Gasteiger partial charge on any atom is -0.441 e. The Bertz CT molecular complexity index is 727. The fourth-order valence-corrected chi connectivity index (χ4v) is 2.22. The highest BCUT2D eigenvalue weighted by molar-refractivity contribution is 5.80. The summed E-state index contributed by atoms with van der Waals surface area (Å²) in [5.74, 6) is 1.46. The van der Waals surface area contributed by atoms with Gasteiger partial charge in [-0.25, -0.2) is 9.97 Å². The molecule has 2 N–H and O–H groups in total.